The molecule has 4 nitrogen and oxygen atoms in total. The first-order valence-electron chi connectivity index (χ1n) is 7.36. The fourth-order valence-electron chi connectivity index (χ4n) is 2.44. The zero-order valence-corrected chi connectivity index (χ0v) is 12.1. The van der Waals surface area contributed by atoms with Gasteiger partial charge in [0.15, 0.2) is 0 Å². The van der Waals surface area contributed by atoms with E-state index in [-0.39, 0.29) is 0 Å². The number of piperidine rings is 1. The summed E-state index contributed by atoms with van der Waals surface area (Å²) in [5.74, 6) is 0.793. The Labute approximate surface area is 112 Å². The lowest BCUT2D eigenvalue weighted by atomic mass is 9.98. The topological polar surface area (TPSA) is 33.7 Å². The van der Waals surface area contributed by atoms with E-state index in [1.807, 2.05) is 0 Å². The number of rotatable bonds is 10. The molecule has 1 unspecified atom stereocenters. The molecule has 4 heteroatoms. The van der Waals surface area contributed by atoms with Crippen LogP contribution in [0.5, 0.6) is 0 Å². The Morgan fingerprint density at radius 3 is 2.94 bits per heavy atom. The maximum Gasteiger partial charge on any atom is 0.0593 e. The Hall–Kier alpha value is -0.160. The second kappa shape index (κ2) is 10.7. The van der Waals surface area contributed by atoms with Crippen molar-refractivity contribution in [2.24, 2.45) is 5.92 Å². The maximum absolute atomic E-state index is 5.56. The van der Waals surface area contributed by atoms with Crippen LogP contribution in [-0.2, 0) is 9.47 Å². The molecule has 1 aliphatic heterocycles. The summed E-state index contributed by atoms with van der Waals surface area (Å²) in [6.45, 7) is 10.4. The molecular formula is C14H30N2O2. The van der Waals surface area contributed by atoms with Gasteiger partial charge in [-0.2, -0.15) is 0 Å². The molecule has 1 heterocycles. The number of hydrogen-bond acceptors (Lipinski definition) is 4. The summed E-state index contributed by atoms with van der Waals surface area (Å²) in [5.41, 5.74) is 0. The lowest BCUT2D eigenvalue weighted by molar-refractivity contribution is 0.0846. The van der Waals surface area contributed by atoms with Crippen LogP contribution < -0.4 is 5.32 Å². The van der Waals surface area contributed by atoms with Crippen molar-refractivity contribution in [3.63, 3.8) is 0 Å². The monoisotopic (exact) mass is 258 g/mol. The minimum absolute atomic E-state index is 0.793. The van der Waals surface area contributed by atoms with Crippen LogP contribution in [0.4, 0.5) is 0 Å². The van der Waals surface area contributed by atoms with E-state index in [1.54, 1.807) is 7.11 Å². The first-order chi connectivity index (χ1) is 8.86. The molecule has 1 aliphatic rings. The molecule has 108 valence electrons. The van der Waals surface area contributed by atoms with E-state index in [0.29, 0.717) is 0 Å². The van der Waals surface area contributed by atoms with Crippen molar-refractivity contribution in [3.05, 3.63) is 0 Å². The highest BCUT2D eigenvalue weighted by Crippen LogP contribution is 2.15. The van der Waals surface area contributed by atoms with Crippen molar-refractivity contribution in [2.75, 3.05) is 59.7 Å². The zero-order chi connectivity index (χ0) is 13.1. The Balaban J connectivity index is 2.04. The molecule has 0 aromatic carbocycles. The normalized spacial score (nSPS) is 21.3. The number of hydrogen-bond donors (Lipinski definition) is 1. The molecule has 1 saturated heterocycles. The summed E-state index contributed by atoms with van der Waals surface area (Å²) in [6, 6.07) is 0. The SMILES string of the molecule is CCCOCCN1CCCC(CNCCOC)C1. The quantitative estimate of drug-likeness (QED) is 0.600. The third-order valence-electron chi connectivity index (χ3n) is 3.42. The second-order valence-corrected chi connectivity index (χ2v) is 5.12. The third kappa shape index (κ3) is 7.31. The highest BCUT2D eigenvalue weighted by atomic mass is 16.5. The molecule has 0 aliphatic carbocycles. The molecule has 0 spiro atoms. The highest BCUT2D eigenvalue weighted by Gasteiger charge is 2.18. The van der Waals surface area contributed by atoms with Crippen molar-refractivity contribution in [3.8, 4) is 0 Å². The maximum atomic E-state index is 5.56. The Bertz CT molecular complexity index is 173. The van der Waals surface area contributed by atoms with Crippen LogP contribution in [0, 0.1) is 5.92 Å². The molecule has 0 amide bonds. The van der Waals surface area contributed by atoms with Crippen molar-refractivity contribution in [1.29, 1.82) is 0 Å². The van der Waals surface area contributed by atoms with Gasteiger partial charge in [-0.05, 0) is 38.3 Å². The summed E-state index contributed by atoms with van der Waals surface area (Å²) in [7, 11) is 1.75. The van der Waals surface area contributed by atoms with E-state index in [2.05, 4.69) is 17.1 Å². The van der Waals surface area contributed by atoms with Crippen LogP contribution in [0.15, 0.2) is 0 Å². The van der Waals surface area contributed by atoms with Gasteiger partial charge in [0, 0.05) is 33.4 Å². The van der Waals surface area contributed by atoms with Crippen LogP contribution in [0.1, 0.15) is 26.2 Å². The van der Waals surface area contributed by atoms with E-state index in [0.717, 1.165) is 51.8 Å². The van der Waals surface area contributed by atoms with Crippen LogP contribution in [0.25, 0.3) is 0 Å². The van der Waals surface area contributed by atoms with Gasteiger partial charge in [0.25, 0.3) is 0 Å². The van der Waals surface area contributed by atoms with Gasteiger partial charge in [0.05, 0.1) is 13.2 Å². The van der Waals surface area contributed by atoms with Gasteiger partial charge in [-0.3, -0.25) is 0 Å². The summed E-state index contributed by atoms with van der Waals surface area (Å²) < 4.78 is 10.6. The molecule has 0 radical (unpaired) electrons. The third-order valence-corrected chi connectivity index (χ3v) is 3.42. The molecule has 1 rings (SSSR count). The van der Waals surface area contributed by atoms with Crippen LogP contribution in [0.2, 0.25) is 0 Å². The fourth-order valence-corrected chi connectivity index (χ4v) is 2.44. The number of methoxy groups -OCH3 is 1. The molecular weight excluding hydrogens is 228 g/mol. The minimum Gasteiger partial charge on any atom is -0.383 e. The first kappa shape index (κ1) is 15.9. The average Bonchev–Trinajstić information content (AvgIpc) is 2.40. The minimum atomic E-state index is 0.793. The Morgan fingerprint density at radius 1 is 1.28 bits per heavy atom. The van der Waals surface area contributed by atoms with Gasteiger partial charge < -0.3 is 19.7 Å². The molecule has 0 saturated carbocycles. The molecule has 18 heavy (non-hydrogen) atoms. The Kier molecular flexibility index (Phi) is 9.48. The zero-order valence-electron chi connectivity index (χ0n) is 12.1. The number of nitrogens with zero attached hydrogens (tertiary/aromatic N) is 1. The fraction of sp³-hybridized carbons (Fsp3) is 1.00. The van der Waals surface area contributed by atoms with Crippen LogP contribution in [0.3, 0.4) is 0 Å². The van der Waals surface area contributed by atoms with Gasteiger partial charge >= 0.3 is 0 Å². The summed E-state index contributed by atoms with van der Waals surface area (Å²) in [4.78, 5) is 2.54. The van der Waals surface area contributed by atoms with E-state index in [9.17, 15) is 0 Å². The lowest BCUT2D eigenvalue weighted by Crippen LogP contribution is -2.41. The number of ether oxygens (including phenoxy) is 2. The van der Waals surface area contributed by atoms with Gasteiger partial charge in [-0.25, -0.2) is 0 Å². The van der Waals surface area contributed by atoms with Crippen molar-refractivity contribution < 1.29 is 9.47 Å². The molecule has 0 aromatic rings. The van der Waals surface area contributed by atoms with E-state index < -0.39 is 0 Å². The van der Waals surface area contributed by atoms with Gasteiger partial charge in [0.2, 0.25) is 0 Å². The highest BCUT2D eigenvalue weighted by molar-refractivity contribution is 4.74. The van der Waals surface area contributed by atoms with E-state index in [4.69, 9.17) is 9.47 Å². The predicted octanol–water partition coefficient (Wildman–Crippen LogP) is 1.36. The van der Waals surface area contributed by atoms with Crippen molar-refractivity contribution >= 4 is 0 Å². The smallest absolute Gasteiger partial charge is 0.0593 e. The number of nitrogens with one attached hydrogen (secondary N) is 1. The van der Waals surface area contributed by atoms with Crippen LogP contribution in [-0.4, -0.2) is 64.6 Å². The van der Waals surface area contributed by atoms with Gasteiger partial charge in [-0.1, -0.05) is 6.92 Å². The van der Waals surface area contributed by atoms with Gasteiger partial charge in [-0.15, -0.1) is 0 Å². The van der Waals surface area contributed by atoms with E-state index in [1.165, 1.54) is 25.9 Å². The summed E-state index contributed by atoms with van der Waals surface area (Å²) in [6.07, 6.45) is 3.79. The molecule has 1 fully saturated rings. The molecule has 1 atom stereocenters. The first-order valence-corrected chi connectivity index (χ1v) is 7.36. The van der Waals surface area contributed by atoms with Gasteiger partial charge in [0.1, 0.15) is 0 Å². The predicted molar refractivity (Wildman–Crippen MR) is 75.0 cm³/mol. The molecule has 1 N–H and O–H groups in total. The van der Waals surface area contributed by atoms with Crippen molar-refractivity contribution in [1.82, 2.24) is 10.2 Å². The second-order valence-electron chi connectivity index (χ2n) is 5.12. The average molecular weight is 258 g/mol. The summed E-state index contributed by atoms with van der Waals surface area (Å²) >= 11 is 0. The molecule has 0 aromatic heterocycles. The largest absolute Gasteiger partial charge is 0.383 e. The standard InChI is InChI=1S/C14H30N2O2/c1-3-9-18-11-8-16-7-4-5-14(13-16)12-15-6-10-17-2/h14-15H,3-13H2,1-2H3. The molecule has 0 bridgehead atoms. The van der Waals surface area contributed by atoms with Crippen LogP contribution >= 0.6 is 0 Å². The van der Waals surface area contributed by atoms with Crippen molar-refractivity contribution in [2.45, 2.75) is 26.2 Å². The Morgan fingerprint density at radius 2 is 2.17 bits per heavy atom. The summed E-state index contributed by atoms with van der Waals surface area (Å²) in [5, 5.41) is 3.47. The number of likely N-dealkylation sites (tertiary alicyclic amines) is 1. The lowest BCUT2D eigenvalue weighted by Gasteiger charge is -2.32. The van der Waals surface area contributed by atoms with E-state index >= 15 is 0 Å².